The molecule has 2 heterocycles. The average molecular weight is 342 g/mol. The van der Waals surface area contributed by atoms with E-state index >= 15 is 0 Å². The third kappa shape index (κ3) is 3.65. The van der Waals surface area contributed by atoms with Gasteiger partial charge in [-0.05, 0) is 32.4 Å². The summed E-state index contributed by atoms with van der Waals surface area (Å²) in [4.78, 5) is 1.87. The molecule has 0 unspecified atom stereocenters. The van der Waals surface area contributed by atoms with Crippen molar-refractivity contribution in [2.45, 2.75) is 33.7 Å². The van der Waals surface area contributed by atoms with Gasteiger partial charge in [-0.25, -0.2) is 0 Å². The second-order valence-corrected chi connectivity index (χ2v) is 5.89. The Morgan fingerprint density at radius 3 is 2.68 bits per heavy atom. The number of hydrogen-bond acceptors (Lipinski definition) is 7. The van der Waals surface area contributed by atoms with Gasteiger partial charge in [-0.3, -0.25) is 0 Å². The zero-order valence-corrected chi connectivity index (χ0v) is 14.9. The van der Waals surface area contributed by atoms with Crippen LogP contribution in [-0.2, 0) is 6.54 Å². The zero-order valence-electron chi connectivity index (χ0n) is 14.9. The first kappa shape index (κ1) is 17.0. The molecule has 3 aromatic rings. The third-order valence-corrected chi connectivity index (χ3v) is 3.90. The molecule has 0 aliphatic carbocycles. The first-order chi connectivity index (χ1) is 12.1. The van der Waals surface area contributed by atoms with Gasteiger partial charge in [-0.1, -0.05) is 29.3 Å². The van der Waals surface area contributed by atoms with Crippen LogP contribution in [0.4, 0.5) is 6.01 Å². The number of aromatic nitrogens is 3. The van der Waals surface area contributed by atoms with E-state index in [1.807, 2.05) is 50.1 Å². The Morgan fingerprint density at radius 2 is 1.96 bits per heavy atom. The number of ether oxygens (including phenoxy) is 1. The van der Waals surface area contributed by atoms with Crippen molar-refractivity contribution in [3.05, 3.63) is 41.3 Å². The van der Waals surface area contributed by atoms with E-state index in [4.69, 9.17) is 13.7 Å². The first-order valence-corrected chi connectivity index (χ1v) is 8.28. The maximum absolute atomic E-state index is 5.85. The Hall–Kier alpha value is -2.83. The normalized spacial score (nSPS) is 10.9. The largest absolute Gasteiger partial charge is 0.493 e. The molecule has 0 radical (unpaired) electrons. The minimum Gasteiger partial charge on any atom is -0.493 e. The van der Waals surface area contributed by atoms with E-state index in [0.717, 1.165) is 34.8 Å². The van der Waals surface area contributed by atoms with Gasteiger partial charge in [0, 0.05) is 12.6 Å². The fourth-order valence-corrected chi connectivity index (χ4v) is 2.49. The molecule has 0 saturated carbocycles. The molecule has 1 aromatic carbocycles. The molecule has 0 fully saturated rings. The number of aryl methyl sites for hydroxylation is 2. The Morgan fingerprint density at radius 1 is 1.16 bits per heavy atom. The fourth-order valence-electron chi connectivity index (χ4n) is 2.49. The van der Waals surface area contributed by atoms with Crippen LogP contribution < -0.4 is 9.64 Å². The number of nitrogens with zero attached hydrogens (tertiary/aromatic N) is 4. The number of hydrogen-bond donors (Lipinski definition) is 0. The molecule has 7 heteroatoms. The van der Waals surface area contributed by atoms with Gasteiger partial charge in [-0.2, -0.15) is 0 Å². The van der Waals surface area contributed by atoms with Crippen LogP contribution in [0.3, 0.4) is 0 Å². The minimum atomic E-state index is 0.431. The summed E-state index contributed by atoms with van der Waals surface area (Å²) in [6.07, 6.45) is 0.934. The van der Waals surface area contributed by atoms with Crippen LogP contribution in [-0.4, -0.2) is 29.0 Å². The lowest BCUT2D eigenvalue weighted by molar-refractivity contribution is 0.318. The summed E-state index contributed by atoms with van der Waals surface area (Å²) in [5.41, 5.74) is 2.68. The molecule has 2 aromatic heterocycles. The topological polar surface area (TPSA) is 77.4 Å². The summed E-state index contributed by atoms with van der Waals surface area (Å²) in [7, 11) is 1.89. The van der Waals surface area contributed by atoms with Crippen LogP contribution in [0.1, 0.15) is 30.4 Å². The lowest BCUT2D eigenvalue weighted by atomic mass is 10.2. The fraction of sp³-hybridized carbons (Fsp3) is 0.389. The second kappa shape index (κ2) is 7.38. The molecule has 0 atom stereocenters. The van der Waals surface area contributed by atoms with Gasteiger partial charge in [0.2, 0.25) is 0 Å². The molecule has 132 valence electrons. The van der Waals surface area contributed by atoms with Gasteiger partial charge in [-0.15, -0.1) is 5.10 Å². The van der Waals surface area contributed by atoms with Crippen LogP contribution in [0.15, 0.2) is 33.2 Å². The van der Waals surface area contributed by atoms with E-state index in [1.165, 1.54) is 0 Å². The highest BCUT2D eigenvalue weighted by Gasteiger charge is 2.18. The highest BCUT2D eigenvalue weighted by atomic mass is 16.5. The molecule has 25 heavy (non-hydrogen) atoms. The molecule has 3 rings (SSSR count). The van der Waals surface area contributed by atoms with Crippen LogP contribution in [0.5, 0.6) is 5.75 Å². The van der Waals surface area contributed by atoms with E-state index in [1.54, 1.807) is 0 Å². The van der Waals surface area contributed by atoms with Crippen molar-refractivity contribution in [3.8, 4) is 17.2 Å². The minimum absolute atomic E-state index is 0.431. The van der Waals surface area contributed by atoms with E-state index in [2.05, 4.69) is 22.3 Å². The highest BCUT2D eigenvalue weighted by Crippen LogP contribution is 2.30. The van der Waals surface area contributed by atoms with Crippen molar-refractivity contribution in [1.29, 1.82) is 0 Å². The summed E-state index contributed by atoms with van der Waals surface area (Å²) >= 11 is 0. The van der Waals surface area contributed by atoms with E-state index in [0.29, 0.717) is 25.1 Å². The molecule has 0 N–H and O–H groups in total. The van der Waals surface area contributed by atoms with Gasteiger partial charge in [0.05, 0.1) is 24.4 Å². The summed E-state index contributed by atoms with van der Waals surface area (Å²) in [5.74, 6) is 1.97. The van der Waals surface area contributed by atoms with Crippen molar-refractivity contribution in [2.24, 2.45) is 0 Å². The molecule has 0 aliphatic heterocycles. The third-order valence-electron chi connectivity index (χ3n) is 3.90. The molecule has 0 aliphatic rings. The summed E-state index contributed by atoms with van der Waals surface area (Å²) < 4.78 is 16.8. The maximum atomic E-state index is 5.85. The van der Waals surface area contributed by atoms with E-state index in [-0.39, 0.29) is 0 Å². The number of benzene rings is 1. The number of rotatable bonds is 7. The van der Waals surface area contributed by atoms with Crippen molar-refractivity contribution < 1.29 is 13.7 Å². The molecular formula is C18H22N4O3. The van der Waals surface area contributed by atoms with Gasteiger partial charge in [0.15, 0.2) is 0 Å². The van der Waals surface area contributed by atoms with Gasteiger partial charge >= 0.3 is 6.01 Å². The highest BCUT2D eigenvalue weighted by molar-refractivity contribution is 5.62. The molecular weight excluding hydrogens is 320 g/mol. The molecule has 7 nitrogen and oxygen atoms in total. The van der Waals surface area contributed by atoms with Crippen LogP contribution in [0, 0.1) is 13.8 Å². The van der Waals surface area contributed by atoms with Gasteiger partial charge in [0.1, 0.15) is 11.5 Å². The molecule has 0 saturated heterocycles. The summed E-state index contributed by atoms with van der Waals surface area (Å²) in [5, 5.41) is 12.3. The predicted molar refractivity (Wildman–Crippen MR) is 93.6 cm³/mol. The Kier molecular flexibility index (Phi) is 5.02. The Balaban J connectivity index is 1.81. The number of anilines is 1. The summed E-state index contributed by atoms with van der Waals surface area (Å²) in [6.45, 7) is 7.10. The molecule has 0 spiro atoms. The van der Waals surface area contributed by atoms with Crippen LogP contribution in [0.2, 0.25) is 0 Å². The monoisotopic (exact) mass is 342 g/mol. The van der Waals surface area contributed by atoms with Gasteiger partial charge in [0.25, 0.3) is 5.89 Å². The smallest absolute Gasteiger partial charge is 0.318 e. The van der Waals surface area contributed by atoms with Crippen molar-refractivity contribution in [2.75, 3.05) is 18.6 Å². The lowest BCUT2D eigenvalue weighted by Gasteiger charge is -2.13. The standard InChI is InChI=1S/C18H22N4O3/c1-5-10-23-16-9-7-6-8-14(16)17-19-20-18(24-17)22(4)11-15-12(2)21-25-13(15)3/h6-9H,5,10-11H2,1-4H3. The molecule has 0 bridgehead atoms. The Labute approximate surface area is 146 Å². The quantitative estimate of drug-likeness (QED) is 0.647. The first-order valence-electron chi connectivity index (χ1n) is 8.28. The van der Waals surface area contributed by atoms with E-state index in [9.17, 15) is 0 Å². The summed E-state index contributed by atoms with van der Waals surface area (Å²) in [6, 6.07) is 8.10. The predicted octanol–water partition coefficient (Wildman–Crippen LogP) is 3.77. The van der Waals surface area contributed by atoms with Crippen LogP contribution in [0.25, 0.3) is 11.5 Å². The van der Waals surface area contributed by atoms with Gasteiger partial charge < -0.3 is 18.6 Å². The second-order valence-electron chi connectivity index (χ2n) is 5.89. The average Bonchev–Trinajstić information content (AvgIpc) is 3.23. The lowest BCUT2D eigenvalue weighted by Crippen LogP contribution is -2.17. The van der Waals surface area contributed by atoms with E-state index < -0.39 is 0 Å². The zero-order chi connectivity index (χ0) is 17.8. The molecule has 0 amide bonds. The van der Waals surface area contributed by atoms with Crippen molar-refractivity contribution in [3.63, 3.8) is 0 Å². The maximum Gasteiger partial charge on any atom is 0.318 e. The Bertz CT molecular complexity index is 821. The SMILES string of the molecule is CCCOc1ccccc1-c1nnc(N(C)Cc2c(C)noc2C)o1. The number of para-hydroxylation sites is 1. The van der Waals surface area contributed by atoms with Crippen molar-refractivity contribution in [1.82, 2.24) is 15.4 Å². The van der Waals surface area contributed by atoms with Crippen LogP contribution >= 0.6 is 0 Å². The van der Waals surface area contributed by atoms with Crippen molar-refractivity contribution >= 4 is 6.01 Å².